The van der Waals surface area contributed by atoms with Gasteiger partial charge in [-0.1, -0.05) is 51.3 Å². The van der Waals surface area contributed by atoms with Crippen molar-refractivity contribution in [2.45, 2.75) is 65.1 Å². The Morgan fingerprint density at radius 3 is 2.45 bits per heavy atom. The van der Waals surface area contributed by atoms with Gasteiger partial charge in [0, 0.05) is 13.1 Å². The Kier molecular flexibility index (Phi) is 8.38. The monoisotopic (exact) mass is 581 g/mol. The van der Waals surface area contributed by atoms with E-state index in [4.69, 9.17) is 9.72 Å². The molecule has 11 heteroatoms. The molecular formula is C31H34F3N5O3. The predicted octanol–water partition coefficient (Wildman–Crippen LogP) is 7.38. The number of anilines is 1. The SMILES string of the molecule is CCOc1ccc(C(C)C)cc1-c1nc2nc(C(=O)O)nc(NCCC3CCC3)c2n1Cc1ccc(C(F)(F)F)cc1. The number of fused-ring (bicyclic) bond motifs is 1. The van der Waals surface area contributed by atoms with E-state index in [-0.39, 0.29) is 23.9 Å². The molecule has 42 heavy (non-hydrogen) atoms. The molecule has 2 heterocycles. The number of imidazole rings is 1. The number of aromatic carboxylic acids is 1. The Morgan fingerprint density at radius 2 is 1.86 bits per heavy atom. The second-order valence-corrected chi connectivity index (χ2v) is 10.9. The van der Waals surface area contributed by atoms with Crippen LogP contribution in [0.5, 0.6) is 5.75 Å². The Morgan fingerprint density at radius 1 is 1.12 bits per heavy atom. The van der Waals surface area contributed by atoms with E-state index in [1.807, 2.05) is 29.7 Å². The Labute approximate surface area is 242 Å². The van der Waals surface area contributed by atoms with Gasteiger partial charge in [0.1, 0.15) is 17.1 Å². The number of nitrogens with zero attached hydrogens (tertiary/aromatic N) is 4. The maximum atomic E-state index is 13.3. The molecular weight excluding hydrogens is 547 g/mol. The van der Waals surface area contributed by atoms with Crippen molar-refractivity contribution in [3.8, 4) is 17.1 Å². The van der Waals surface area contributed by atoms with Crippen LogP contribution >= 0.6 is 0 Å². The fraction of sp³-hybridized carbons (Fsp3) is 0.419. The zero-order valence-electron chi connectivity index (χ0n) is 23.8. The first kappa shape index (κ1) is 29.3. The fourth-order valence-corrected chi connectivity index (χ4v) is 5.14. The van der Waals surface area contributed by atoms with Gasteiger partial charge >= 0.3 is 12.1 Å². The van der Waals surface area contributed by atoms with Crippen molar-refractivity contribution < 1.29 is 27.8 Å². The molecule has 1 fully saturated rings. The number of hydrogen-bond acceptors (Lipinski definition) is 6. The summed E-state index contributed by atoms with van der Waals surface area (Å²) in [5.41, 5.74) is 2.22. The number of halogens is 3. The van der Waals surface area contributed by atoms with Crippen LogP contribution in [-0.2, 0) is 12.7 Å². The lowest BCUT2D eigenvalue weighted by Gasteiger charge is -2.25. The predicted molar refractivity (Wildman–Crippen MR) is 154 cm³/mol. The first-order valence-corrected chi connectivity index (χ1v) is 14.2. The number of carboxylic acids is 1. The van der Waals surface area contributed by atoms with Gasteiger partial charge in [-0.25, -0.2) is 19.7 Å². The van der Waals surface area contributed by atoms with E-state index in [0.29, 0.717) is 53.1 Å². The quantitative estimate of drug-likeness (QED) is 0.190. The van der Waals surface area contributed by atoms with E-state index < -0.39 is 17.7 Å². The summed E-state index contributed by atoms with van der Waals surface area (Å²) >= 11 is 0. The molecule has 2 N–H and O–H groups in total. The lowest BCUT2D eigenvalue weighted by Crippen LogP contribution is -2.17. The maximum absolute atomic E-state index is 13.3. The lowest BCUT2D eigenvalue weighted by molar-refractivity contribution is -0.137. The van der Waals surface area contributed by atoms with Crippen molar-refractivity contribution in [2.24, 2.45) is 5.92 Å². The smallest absolute Gasteiger partial charge is 0.416 e. The zero-order chi connectivity index (χ0) is 30.0. The zero-order valence-corrected chi connectivity index (χ0v) is 23.8. The molecule has 222 valence electrons. The van der Waals surface area contributed by atoms with Gasteiger partial charge in [0.05, 0.1) is 17.7 Å². The van der Waals surface area contributed by atoms with Gasteiger partial charge in [-0.3, -0.25) is 0 Å². The van der Waals surface area contributed by atoms with Gasteiger partial charge in [0.15, 0.2) is 11.5 Å². The summed E-state index contributed by atoms with van der Waals surface area (Å²) in [5, 5.41) is 13.1. The van der Waals surface area contributed by atoms with E-state index in [2.05, 4.69) is 29.1 Å². The number of rotatable bonds is 11. The molecule has 0 amide bonds. The van der Waals surface area contributed by atoms with Gasteiger partial charge in [0.25, 0.3) is 0 Å². The van der Waals surface area contributed by atoms with Crippen LogP contribution in [0.15, 0.2) is 42.5 Å². The highest BCUT2D eigenvalue weighted by Gasteiger charge is 2.30. The fourth-order valence-electron chi connectivity index (χ4n) is 5.14. The van der Waals surface area contributed by atoms with Crippen LogP contribution in [0.3, 0.4) is 0 Å². The number of alkyl halides is 3. The second-order valence-electron chi connectivity index (χ2n) is 10.9. The van der Waals surface area contributed by atoms with Crippen molar-refractivity contribution in [1.29, 1.82) is 0 Å². The maximum Gasteiger partial charge on any atom is 0.416 e. The molecule has 0 aliphatic heterocycles. The molecule has 2 aromatic heterocycles. The molecule has 5 rings (SSSR count). The minimum absolute atomic E-state index is 0.147. The van der Waals surface area contributed by atoms with E-state index in [1.165, 1.54) is 31.4 Å². The molecule has 2 aromatic carbocycles. The van der Waals surface area contributed by atoms with Crippen molar-refractivity contribution in [3.05, 3.63) is 65.0 Å². The number of carboxylic acid groups (broad SMARTS) is 1. The molecule has 1 saturated carbocycles. The van der Waals surface area contributed by atoms with Gasteiger partial charge in [-0.15, -0.1) is 0 Å². The summed E-state index contributed by atoms with van der Waals surface area (Å²) in [6.07, 6.45) is 0.0200. The van der Waals surface area contributed by atoms with Gasteiger partial charge in [-0.2, -0.15) is 13.2 Å². The number of aromatic nitrogens is 4. The third-order valence-electron chi connectivity index (χ3n) is 7.70. The van der Waals surface area contributed by atoms with Crippen molar-refractivity contribution in [2.75, 3.05) is 18.5 Å². The summed E-state index contributed by atoms with van der Waals surface area (Å²) < 4.78 is 47.6. The molecule has 0 saturated heterocycles. The van der Waals surface area contributed by atoms with E-state index in [1.54, 1.807) is 0 Å². The first-order chi connectivity index (χ1) is 20.0. The molecule has 8 nitrogen and oxygen atoms in total. The highest BCUT2D eigenvalue weighted by molar-refractivity contribution is 5.92. The molecule has 0 unspecified atom stereocenters. The molecule has 0 atom stereocenters. The van der Waals surface area contributed by atoms with Crippen LogP contribution in [0, 0.1) is 5.92 Å². The average molecular weight is 582 g/mol. The Balaban J connectivity index is 1.70. The minimum atomic E-state index is -4.45. The minimum Gasteiger partial charge on any atom is -0.493 e. The van der Waals surface area contributed by atoms with Crippen LogP contribution in [0.2, 0.25) is 0 Å². The largest absolute Gasteiger partial charge is 0.493 e. The van der Waals surface area contributed by atoms with Crippen molar-refractivity contribution in [3.63, 3.8) is 0 Å². The lowest BCUT2D eigenvalue weighted by atomic mass is 9.83. The molecule has 1 aliphatic carbocycles. The highest BCUT2D eigenvalue weighted by Crippen LogP contribution is 2.37. The highest BCUT2D eigenvalue weighted by atomic mass is 19.4. The van der Waals surface area contributed by atoms with Gasteiger partial charge in [0.2, 0.25) is 5.82 Å². The van der Waals surface area contributed by atoms with Gasteiger partial charge < -0.3 is 19.7 Å². The molecule has 0 bridgehead atoms. The van der Waals surface area contributed by atoms with Crippen LogP contribution < -0.4 is 10.1 Å². The topological polar surface area (TPSA) is 102 Å². The summed E-state index contributed by atoms with van der Waals surface area (Å²) in [5.74, 6) is 0.505. The van der Waals surface area contributed by atoms with E-state index in [9.17, 15) is 23.1 Å². The standard InChI is InChI=1S/C31H34F3N5O3/c1-4-42-24-13-10-21(18(2)3)16-23(24)29-38-27-25(39(29)17-20-8-11-22(12-9-20)31(32,33)34)26(36-28(37-27)30(40)41)35-15-14-19-6-5-7-19/h8-13,16,18-19H,4-7,14-15,17H2,1-3H3,(H,40,41)(H,35,36,37). The Hall–Kier alpha value is -4.15. The molecule has 0 radical (unpaired) electrons. The number of nitrogens with one attached hydrogen (secondary N) is 1. The van der Waals surface area contributed by atoms with Crippen LogP contribution in [0.1, 0.15) is 79.7 Å². The Bertz CT molecular complexity index is 1580. The van der Waals surface area contributed by atoms with Crippen LogP contribution in [0.25, 0.3) is 22.6 Å². The number of hydrogen-bond donors (Lipinski definition) is 2. The van der Waals surface area contributed by atoms with Crippen LogP contribution in [-0.4, -0.2) is 43.7 Å². The molecule has 1 aliphatic rings. The summed E-state index contributed by atoms with van der Waals surface area (Å²) in [6.45, 7) is 7.15. The summed E-state index contributed by atoms with van der Waals surface area (Å²) in [4.78, 5) is 25.4. The normalized spacial score (nSPS) is 13.9. The third-order valence-corrected chi connectivity index (χ3v) is 7.70. The number of benzene rings is 2. The third kappa shape index (κ3) is 6.19. The summed E-state index contributed by atoms with van der Waals surface area (Å²) in [7, 11) is 0. The molecule has 4 aromatic rings. The van der Waals surface area contributed by atoms with Gasteiger partial charge in [-0.05, 0) is 60.6 Å². The van der Waals surface area contributed by atoms with Crippen LogP contribution in [0.4, 0.5) is 19.0 Å². The summed E-state index contributed by atoms with van der Waals surface area (Å²) in [6, 6.07) is 10.8. The number of carbonyl (C=O) groups is 1. The molecule has 0 spiro atoms. The van der Waals surface area contributed by atoms with E-state index in [0.717, 1.165) is 24.1 Å². The van der Waals surface area contributed by atoms with Crippen molar-refractivity contribution >= 4 is 23.0 Å². The number of ether oxygens (including phenoxy) is 1. The van der Waals surface area contributed by atoms with E-state index >= 15 is 0 Å². The average Bonchev–Trinajstić information content (AvgIpc) is 3.28. The second kappa shape index (κ2) is 12.0. The first-order valence-electron chi connectivity index (χ1n) is 14.2. The van der Waals surface area contributed by atoms with Crippen molar-refractivity contribution in [1.82, 2.24) is 19.5 Å².